The molecule has 0 bridgehead atoms. The second-order valence-electron chi connectivity index (χ2n) is 7.25. The summed E-state index contributed by atoms with van der Waals surface area (Å²) < 4.78 is 8.27. The summed E-state index contributed by atoms with van der Waals surface area (Å²) in [6.07, 6.45) is 11.7. The molecule has 0 spiro atoms. The summed E-state index contributed by atoms with van der Waals surface area (Å²) in [5, 5.41) is 15.3. The minimum Gasteiger partial charge on any atom is -0.376 e. The molecule has 0 atom stereocenters. The molecular formula is C19H34N6O. The van der Waals surface area contributed by atoms with Crippen LogP contribution in [0.2, 0.25) is 0 Å². The second kappa shape index (κ2) is 10.5. The van der Waals surface area contributed by atoms with Gasteiger partial charge in [-0.1, -0.05) is 25.7 Å². The van der Waals surface area contributed by atoms with E-state index >= 15 is 0 Å². The van der Waals surface area contributed by atoms with Crippen LogP contribution in [0.3, 0.4) is 0 Å². The van der Waals surface area contributed by atoms with Crippen molar-refractivity contribution in [3.8, 4) is 0 Å². The lowest BCUT2D eigenvalue weighted by atomic mass is 10.1. The van der Waals surface area contributed by atoms with Crippen LogP contribution in [0.25, 0.3) is 0 Å². The molecule has 0 radical (unpaired) electrons. The zero-order valence-corrected chi connectivity index (χ0v) is 16.2. The van der Waals surface area contributed by atoms with Gasteiger partial charge in [-0.15, -0.1) is 10.2 Å². The SMILES string of the molecule is CCNC(=NCc1nnc2n1CCCC2)NCCOC1CCCCCC1. The third-order valence-corrected chi connectivity index (χ3v) is 5.21. The zero-order chi connectivity index (χ0) is 18.0. The van der Waals surface area contributed by atoms with Crippen molar-refractivity contribution in [2.75, 3.05) is 19.7 Å². The molecule has 2 heterocycles. The van der Waals surface area contributed by atoms with Crippen molar-refractivity contribution in [2.24, 2.45) is 4.99 Å². The van der Waals surface area contributed by atoms with Crippen LogP contribution in [-0.4, -0.2) is 46.5 Å². The minimum absolute atomic E-state index is 0.446. The summed E-state index contributed by atoms with van der Waals surface area (Å²) in [4.78, 5) is 4.68. The second-order valence-corrected chi connectivity index (χ2v) is 7.25. The average molecular weight is 363 g/mol. The van der Waals surface area contributed by atoms with Gasteiger partial charge < -0.3 is 19.9 Å². The lowest BCUT2D eigenvalue weighted by molar-refractivity contribution is 0.0468. The fourth-order valence-electron chi connectivity index (χ4n) is 3.78. The van der Waals surface area contributed by atoms with Gasteiger partial charge in [0.2, 0.25) is 0 Å². The topological polar surface area (TPSA) is 76.4 Å². The summed E-state index contributed by atoms with van der Waals surface area (Å²) in [6, 6.07) is 0. The molecule has 3 rings (SSSR count). The van der Waals surface area contributed by atoms with Crippen LogP contribution in [0, 0.1) is 0 Å². The Hall–Kier alpha value is -1.63. The lowest BCUT2D eigenvalue weighted by Gasteiger charge is -2.17. The van der Waals surface area contributed by atoms with E-state index in [1.807, 2.05) is 0 Å². The molecule has 1 aliphatic heterocycles. The van der Waals surface area contributed by atoms with Gasteiger partial charge in [0.05, 0.1) is 12.7 Å². The largest absolute Gasteiger partial charge is 0.376 e. The minimum atomic E-state index is 0.446. The third-order valence-electron chi connectivity index (χ3n) is 5.21. The highest BCUT2D eigenvalue weighted by Crippen LogP contribution is 2.19. The van der Waals surface area contributed by atoms with Crippen LogP contribution < -0.4 is 10.6 Å². The van der Waals surface area contributed by atoms with Crippen molar-refractivity contribution in [3.63, 3.8) is 0 Å². The van der Waals surface area contributed by atoms with E-state index in [-0.39, 0.29) is 0 Å². The fraction of sp³-hybridized carbons (Fsp3) is 0.842. The Labute approximate surface area is 157 Å². The van der Waals surface area contributed by atoms with E-state index in [4.69, 9.17) is 4.74 Å². The summed E-state index contributed by atoms with van der Waals surface area (Å²) in [7, 11) is 0. The monoisotopic (exact) mass is 362 g/mol. The number of hydrogen-bond acceptors (Lipinski definition) is 4. The smallest absolute Gasteiger partial charge is 0.191 e. The maximum absolute atomic E-state index is 6.04. The van der Waals surface area contributed by atoms with Gasteiger partial charge in [-0.25, -0.2) is 4.99 Å². The molecule has 1 fully saturated rings. The molecule has 7 heteroatoms. The zero-order valence-electron chi connectivity index (χ0n) is 16.2. The quantitative estimate of drug-likeness (QED) is 0.337. The summed E-state index contributed by atoms with van der Waals surface area (Å²) >= 11 is 0. The normalized spacial score (nSPS) is 19.0. The summed E-state index contributed by atoms with van der Waals surface area (Å²) in [6.45, 7) is 6.01. The Morgan fingerprint density at radius 2 is 1.96 bits per heavy atom. The molecule has 1 aliphatic carbocycles. The maximum atomic E-state index is 6.04. The van der Waals surface area contributed by atoms with E-state index in [9.17, 15) is 0 Å². The van der Waals surface area contributed by atoms with Crippen LogP contribution in [0.4, 0.5) is 0 Å². The van der Waals surface area contributed by atoms with Crippen LogP contribution in [0.1, 0.15) is 69.9 Å². The molecule has 0 saturated heterocycles. The molecule has 7 nitrogen and oxygen atoms in total. The number of aliphatic imine (C=N–C) groups is 1. The standard InChI is InChI=1S/C19H34N6O/c1-2-20-19(21-12-14-26-16-9-5-3-4-6-10-16)22-15-18-24-23-17-11-7-8-13-25(17)18/h16H,2-15H2,1H3,(H2,20,21,22). The molecule has 146 valence electrons. The van der Waals surface area contributed by atoms with E-state index in [2.05, 4.69) is 37.3 Å². The van der Waals surface area contributed by atoms with Gasteiger partial charge in [0.25, 0.3) is 0 Å². The number of nitrogens with zero attached hydrogens (tertiary/aromatic N) is 4. The number of fused-ring (bicyclic) bond motifs is 1. The molecule has 1 aromatic rings. The predicted molar refractivity (Wildman–Crippen MR) is 103 cm³/mol. The van der Waals surface area contributed by atoms with Crippen molar-refractivity contribution in [3.05, 3.63) is 11.6 Å². The molecule has 1 saturated carbocycles. The Morgan fingerprint density at radius 1 is 1.12 bits per heavy atom. The van der Waals surface area contributed by atoms with Gasteiger partial charge in [-0.2, -0.15) is 0 Å². The lowest BCUT2D eigenvalue weighted by Crippen LogP contribution is -2.39. The first-order chi connectivity index (χ1) is 12.9. The summed E-state index contributed by atoms with van der Waals surface area (Å²) in [5.41, 5.74) is 0. The van der Waals surface area contributed by atoms with Crippen molar-refractivity contribution in [1.29, 1.82) is 0 Å². The molecule has 0 amide bonds. The van der Waals surface area contributed by atoms with Gasteiger partial charge in [0.15, 0.2) is 11.8 Å². The van der Waals surface area contributed by atoms with Gasteiger partial charge in [0.1, 0.15) is 12.4 Å². The maximum Gasteiger partial charge on any atom is 0.191 e. The average Bonchev–Trinajstić information content (AvgIpc) is 2.89. The van der Waals surface area contributed by atoms with Crippen LogP contribution in [0.15, 0.2) is 4.99 Å². The molecule has 2 N–H and O–H groups in total. The van der Waals surface area contributed by atoms with Crippen LogP contribution >= 0.6 is 0 Å². The summed E-state index contributed by atoms with van der Waals surface area (Å²) in [5.74, 6) is 2.90. The van der Waals surface area contributed by atoms with E-state index in [1.54, 1.807) is 0 Å². The van der Waals surface area contributed by atoms with E-state index in [1.165, 1.54) is 51.4 Å². The number of aromatic nitrogens is 3. The highest BCUT2D eigenvalue weighted by Gasteiger charge is 2.15. The van der Waals surface area contributed by atoms with Gasteiger partial charge in [-0.05, 0) is 32.6 Å². The Balaban J connectivity index is 1.44. The first-order valence-corrected chi connectivity index (χ1v) is 10.4. The van der Waals surface area contributed by atoms with Crippen molar-refractivity contribution < 1.29 is 4.74 Å². The number of ether oxygens (including phenoxy) is 1. The Morgan fingerprint density at radius 3 is 2.77 bits per heavy atom. The Bertz CT molecular complexity index is 562. The fourth-order valence-corrected chi connectivity index (χ4v) is 3.78. The van der Waals surface area contributed by atoms with E-state index in [0.717, 1.165) is 50.3 Å². The van der Waals surface area contributed by atoms with E-state index < -0.39 is 0 Å². The molecule has 26 heavy (non-hydrogen) atoms. The van der Waals surface area contributed by atoms with Crippen molar-refractivity contribution in [1.82, 2.24) is 25.4 Å². The van der Waals surface area contributed by atoms with Crippen LogP contribution in [0.5, 0.6) is 0 Å². The highest BCUT2D eigenvalue weighted by molar-refractivity contribution is 5.79. The van der Waals surface area contributed by atoms with Crippen molar-refractivity contribution >= 4 is 5.96 Å². The number of nitrogens with one attached hydrogen (secondary N) is 2. The molecule has 2 aliphatic rings. The highest BCUT2D eigenvalue weighted by atomic mass is 16.5. The molecule has 0 unspecified atom stereocenters. The Kier molecular flexibility index (Phi) is 7.73. The first-order valence-electron chi connectivity index (χ1n) is 10.4. The third kappa shape index (κ3) is 5.69. The first kappa shape index (κ1) is 19.1. The van der Waals surface area contributed by atoms with Crippen LogP contribution in [-0.2, 0) is 24.2 Å². The van der Waals surface area contributed by atoms with Gasteiger partial charge in [-0.3, -0.25) is 0 Å². The van der Waals surface area contributed by atoms with Crippen molar-refractivity contribution in [2.45, 2.75) is 83.9 Å². The van der Waals surface area contributed by atoms with E-state index in [0.29, 0.717) is 12.6 Å². The number of guanidine groups is 1. The predicted octanol–water partition coefficient (Wildman–Crippen LogP) is 2.41. The van der Waals surface area contributed by atoms with Gasteiger partial charge in [0, 0.05) is 26.1 Å². The number of aryl methyl sites for hydroxylation is 1. The molecular weight excluding hydrogens is 328 g/mol. The number of hydrogen-bond donors (Lipinski definition) is 2. The van der Waals surface area contributed by atoms with Gasteiger partial charge >= 0.3 is 0 Å². The molecule has 1 aromatic heterocycles. The number of rotatable bonds is 7. The molecule has 0 aromatic carbocycles.